The second-order valence-electron chi connectivity index (χ2n) is 5.86. The smallest absolute Gasteiger partial charge is 0.146 e. The minimum atomic E-state index is -0.157. The van der Waals surface area contributed by atoms with Crippen LogP contribution in [0.5, 0.6) is 0 Å². The number of likely N-dealkylation sites (N-methyl/N-ethyl adjacent to an activating group) is 1. The van der Waals surface area contributed by atoms with Crippen molar-refractivity contribution < 1.29 is 9.13 Å². The molecular formula is C17H27FN2O. The van der Waals surface area contributed by atoms with Crippen LogP contribution in [0.1, 0.15) is 31.7 Å². The van der Waals surface area contributed by atoms with Gasteiger partial charge in [-0.1, -0.05) is 19.1 Å². The Hall–Kier alpha value is -1.13. The third-order valence-electron chi connectivity index (χ3n) is 3.82. The summed E-state index contributed by atoms with van der Waals surface area (Å²) in [5.41, 5.74) is 1.70. The summed E-state index contributed by atoms with van der Waals surface area (Å²) in [7, 11) is 1.93. The van der Waals surface area contributed by atoms with E-state index in [1.54, 1.807) is 6.07 Å². The van der Waals surface area contributed by atoms with Crippen LogP contribution in [0.2, 0.25) is 0 Å². The van der Waals surface area contributed by atoms with Crippen molar-refractivity contribution in [2.45, 2.75) is 32.7 Å². The van der Waals surface area contributed by atoms with Gasteiger partial charge in [0, 0.05) is 26.7 Å². The molecule has 2 rings (SSSR count). The molecule has 1 N–H and O–H groups in total. The van der Waals surface area contributed by atoms with E-state index < -0.39 is 0 Å². The zero-order valence-corrected chi connectivity index (χ0v) is 13.2. The second kappa shape index (κ2) is 8.35. The summed E-state index contributed by atoms with van der Waals surface area (Å²) in [6.45, 7) is 6.01. The van der Waals surface area contributed by atoms with Gasteiger partial charge in [0.25, 0.3) is 0 Å². The Morgan fingerprint density at radius 1 is 1.38 bits per heavy atom. The van der Waals surface area contributed by atoms with Crippen molar-refractivity contribution in [3.8, 4) is 0 Å². The SMILES string of the molecule is CCCNCc1cccc(F)c1N(C)CCOCC1CC1. The lowest BCUT2D eigenvalue weighted by atomic mass is 10.1. The molecule has 1 fully saturated rings. The summed E-state index contributed by atoms with van der Waals surface area (Å²) in [5.74, 6) is 0.619. The van der Waals surface area contributed by atoms with E-state index in [1.807, 2.05) is 18.0 Å². The van der Waals surface area contributed by atoms with Gasteiger partial charge in [0.15, 0.2) is 0 Å². The highest BCUT2D eigenvalue weighted by Crippen LogP contribution is 2.29. The molecule has 0 saturated heterocycles. The first-order valence-electron chi connectivity index (χ1n) is 7.99. The molecule has 0 bridgehead atoms. The number of benzene rings is 1. The molecule has 1 aliphatic rings. The van der Waals surface area contributed by atoms with Gasteiger partial charge in [0.2, 0.25) is 0 Å². The van der Waals surface area contributed by atoms with Gasteiger partial charge in [0.1, 0.15) is 5.82 Å². The minimum Gasteiger partial charge on any atom is -0.379 e. The van der Waals surface area contributed by atoms with Crippen molar-refractivity contribution in [2.75, 3.05) is 38.3 Å². The van der Waals surface area contributed by atoms with Crippen LogP contribution in [0.4, 0.5) is 10.1 Å². The number of hydrogen-bond acceptors (Lipinski definition) is 3. The van der Waals surface area contributed by atoms with Crippen LogP contribution >= 0.6 is 0 Å². The maximum atomic E-state index is 14.1. The molecule has 0 atom stereocenters. The zero-order chi connectivity index (χ0) is 15.1. The van der Waals surface area contributed by atoms with Crippen LogP contribution in [0, 0.1) is 11.7 Å². The third kappa shape index (κ3) is 5.29. The fraction of sp³-hybridized carbons (Fsp3) is 0.647. The lowest BCUT2D eigenvalue weighted by Gasteiger charge is -2.23. The summed E-state index contributed by atoms with van der Waals surface area (Å²) in [6, 6.07) is 5.29. The van der Waals surface area contributed by atoms with Crippen LogP contribution < -0.4 is 10.2 Å². The molecule has 0 aliphatic heterocycles. The fourth-order valence-corrected chi connectivity index (χ4v) is 2.38. The number of rotatable bonds is 10. The number of halogens is 1. The number of nitrogens with zero attached hydrogens (tertiary/aromatic N) is 1. The van der Waals surface area contributed by atoms with Crippen molar-refractivity contribution in [3.05, 3.63) is 29.6 Å². The summed E-state index contributed by atoms with van der Waals surface area (Å²) in [4.78, 5) is 1.96. The summed E-state index contributed by atoms with van der Waals surface area (Å²) in [5, 5.41) is 3.34. The topological polar surface area (TPSA) is 24.5 Å². The van der Waals surface area contributed by atoms with E-state index in [-0.39, 0.29) is 5.82 Å². The molecule has 1 saturated carbocycles. The van der Waals surface area contributed by atoms with Crippen LogP contribution in [-0.4, -0.2) is 33.4 Å². The molecule has 0 aromatic heterocycles. The Balaban J connectivity index is 1.88. The average Bonchev–Trinajstić information content (AvgIpc) is 3.28. The van der Waals surface area contributed by atoms with E-state index in [9.17, 15) is 4.39 Å². The van der Waals surface area contributed by atoms with Crippen LogP contribution in [0.15, 0.2) is 18.2 Å². The molecule has 1 aromatic carbocycles. The number of nitrogens with one attached hydrogen (secondary N) is 1. The van der Waals surface area contributed by atoms with Crippen molar-refractivity contribution in [1.29, 1.82) is 0 Å². The van der Waals surface area contributed by atoms with Gasteiger partial charge in [-0.05, 0) is 43.4 Å². The standard InChI is InChI=1S/C17H27FN2O/c1-3-9-19-12-15-5-4-6-16(18)17(15)20(2)10-11-21-13-14-7-8-14/h4-6,14,19H,3,7-13H2,1-2H3. The monoisotopic (exact) mass is 294 g/mol. The number of ether oxygens (including phenoxy) is 1. The normalized spacial score (nSPS) is 14.4. The predicted octanol–water partition coefficient (Wildman–Crippen LogP) is 3.19. The van der Waals surface area contributed by atoms with E-state index in [2.05, 4.69) is 12.2 Å². The number of anilines is 1. The Morgan fingerprint density at radius 3 is 2.90 bits per heavy atom. The Labute approximate surface area is 127 Å². The molecule has 21 heavy (non-hydrogen) atoms. The number of para-hydroxylation sites is 1. The summed E-state index contributed by atoms with van der Waals surface area (Å²) < 4.78 is 19.8. The van der Waals surface area contributed by atoms with Crippen LogP contribution in [0.25, 0.3) is 0 Å². The molecule has 0 spiro atoms. The second-order valence-corrected chi connectivity index (χ2v) is 5.86. The van der Waals surface area contributed by atoms with Crippen molar-refractivity contribution in [2.24, 2.45) is 5.92 Å². The Bertz CT molecular complexity index is 435. The van der Waals surface area contributed by atoms with Gasteiger partial charge in [-0.25, -0.2) is 4.39 Å². The Morgan fingerprint density at radius 2 is 2.19 bits per heavy atom. The molecular weight excluding hydrogens is 267 g/mol. The summed E-state index contributed by atoms with van der Waals surface area (Å²) >= 11 is 0. The molecule has 0 amide bonds. The van der Waals surface area contributed by atoms with Crippen molar-refractivity contribution >= 4 is 5.69 Å². The van der Waals surface area contributed by atoms with E-state index in [4.69, 9.17) is 4.74 Å². The van der Waals surface area contributed by atoms with Gasteiger partial charge in [-0.2, -0.15) is 0 Å². The maximum Gasteiger partial charge on any atom is 0.146 e. The van der Waals surface area contributed by atoms with Crippen LogP contribution in [-0.2, 0) is 11.3 Å². The molecule has 0 unspecified atom stereocenters. The molecule has 0 heterocycles. The largest absolute Gasteiger partial charge is 0.379 e. The highest BCUT2D eigenvalue weighted by atomic mass is 19.1. The third-order valence-corrected chi connectivity index (χ3v) is 3.82. The quantitative estimate of drug-likeness (QED) is 0.671. The molecule has 1 aliphatic carbocycles. The molecule has 4 heteroatoms. The molecule has 1 aromatic rings. The van der Waals surface area contributed by atoms with Gasteiger partial charge in [0.05, 0.1) is 12.3 Å². The first kappa shape index (κ1) is 16.2. The van der Waals surface area contributed by atoms with E-state index in [1.165, 1.54) is 18.9 Å². The molecule has 3 nitrogen and oxygen atoms in total. The lowest BCUT2D eigenvalue weighted by molar-refractivity contribution is 0.131. The highest BCUT2D eigenvalue weighted by molar-refractivity contribution is 5.54. The van der Waals surface area contributed by atoms with Gasteiger partial charge >= 0.3 is 0 Å². The van der Waals surface area contributed by atoms with Gasteiger partial charge in [-0.3, -0.25) is 0 Å². The van der Waals surface area contributed by atoms with E-state index in [0.29, 0.717) is 25.4 Å². The Kier molecular flexibility index (Phi) is 6.46. The van der Waals surface area contributed by atoms with Gasteiger partial charge < -0.3 is 15.0 Å². The first-order chi connectivity index (χ1) is 10.2. The van der Waals surface area contributed by atoms with Crippen LogP contribution in [0.3, 0.4) is 0 Å². The lowest BCUT2D eigenvalue weighted by Crippen LogP contribution is -2.26. The number of hydrogen-bond donors (Lipinski definition) is 1. The van der Waals surface area contributed by atoms with Crippen molar-refractivity contribution in [3.63, 3.8) is 0 Å². The fourth-order valence-electron chi connectivity index (χ4n) is 2.38. The van der Waals surface area contributed by atoms with Crippen molar-refractivity contribution in [1.82, 2.24) is 5.32 Å². The average molecular weight is 294 g/mol. The van der Waals surface area contributed by atoms with Gasteiger partial charge in [-0.15, -0.1) is 0 Å². The summed E-state index contributed by atoms with van der Waals surface area (Å²) in [6.07, 6.45) is 3.68. The van der Waals surface area contributed by atoms with E-state index >= 15 is 0 Å². The molecule has 0 radical (unpaired) electrons. The maximum absolute atomic E-state index is 14.1. The minimum absolute atomic E-state index is 0.157. The highest BCUT2D eigenvalue weighted by Gasteiger charge is 2.21. The van der Waals surface area contributed by atoms with E-state index in [0.717, 1.165) is 31.1 Å². The zero-order valence-electron chi connectivity index (χ0n) is 13.2. The predicted molar refractivity (Wildman–Crippen MR) is 85.2 cm³/mol. The first-order valence-corrected chi connectivity index (χ1v) is 7.99. The molecule has 118 valence electrons.